The summed E-state index contributed by atoms with van der Waals surface area (Å²) in [6.07, 6.45) is 4.21. The molecule has 0 atom stereocenters. The van der Waals surface area contributed by atoms with Gasteiger partial charge in [-0.05, 0) is 32.3 Å². The quantitative estimate of drug-likeness (QED) is 0.309. The molecule has 158 valence electrons. The van der Waals surface area contributed by atoms with Crippen molar-refractivity contribution in [3.63, 3.8) is 0 Å². The molecule has 0 radical (unpaired) electrons. The molecule has 3 aromatic heterocycles. The summed E-state index contributed by atoms with van der Waals surface area (Å²) < 4.78 is 2.12. The number of hydrogen-bond donors (Lipinski definition) is 1. The lowest BCUT2D eigenvalue weighted by Gasteiger charge is -2.07. The van der Waals surface area contributed by atoms with Crippen LogP contribution >= 0.6 is 23.1 Å². The van der Waals surface area contributed by atoms with Crippen molar-refractivity contribution in [2.24, 2.45) is 0 Å². The third kappa shape index (κ3) is 3.85. The second-order valence-corrected chi connectivity index (χ2v) is 10.0. The Labute approximate surface area is 188 Å². The standard InChI is InChI=1S/C23H23N5OS2/c1-4-11-28-20(16-9-10-16)26-27-23(28)30-12-17-24-21(29)19-18(14(3)31-22(19)25-17)15-7-5-13(2)6-8-15/h4-8,16H,1,9-12H2,2-3H3,(H,24,25,29). The Morgan fingerprint density at radius 3 is 2.74 bits per heavy atom. The van der Waals surface area contributed by atoms with E-state index in [1.54, 1.807) is 23.1 Å². The number of nitrogens with one attached hydrogen (secondary N) is 1. The van der Waals surface area contributed by atoms with E-state index in [4.69, 9.17) is 4.98 Å². The van der Waals surface area contributed by atoms with Gasteiger partial charge >= 0.3 is 0 Å². The van der Waals surface area contributed by atoms with Gasteiger partial charge in [0.05, 0.1) is 11.1 Å². The molecule has 1 fully saturated rings. The number of H-pyrrole nitrogens is 1. The lowest BCUT2D eigenvalue weighted by molar-refractivity contribution is 0.681. The van der Waals surface area contributed by atoms with Crippen molar-refractivity contribution in [3.8, 4) is 11.1 Å². The van der Waals surface area contributed by atoms with E-state index < -0.39 is 0 Å². The first-order chi connectivity index (χ1) is 15.0. The normalized spacial score (nSPS) is 13.7. The van der Waals surface area contributed by atoms with Gasteiger partial charge in [-0.25, -0.2) is 4.98 Å². The summed E-state index contributed by atoms with van der Waals surface area (Å²) >= 11 is 3.11. The minimum atomic E-state index is -0.0910. The fraction of sp³-hybridized carbons (Fsp3) is 0.304. The molecule has 0 spiro atoms. The molecule has 8 heteroatoms. The van der Waals surface area contributed by atoms with Crippen molar-refractivity contribution in [1.29, 1.82) is 0 Å². The fourth-order valence-electron chi connectivity index (χ4n) is 3.78. The molecular formula is C23H23N5OS2. The maximum absolute atomic E-state index is 13.0. The number of aromatic nitrogens is 5. The number of benzene rings is 1. The van der Waals surface area contributed by atoms with Crippen molar-refractivity contribution in [2.75, 3.05) is 0 Å². The molecule has 1 aliphatic carbocycles. The Morgan fingerprint density at radius 2 is 2.03 bits per heavy atom. The Bertz CT molecular complexity index is 1330. The molecule has 1 N–H and O–H groups in total. The van der Waals surface area contributed by atoms with Crippen molar-refractivity contribution in [1.82, 2.24) is 24.7 Å². The zero-order valence-electron chi connectivity index (χ0n) is 17.5. The molecule has 1 aliphatic rings. The lowest BCUT2D eigenvalue weighted by atomic mass is 10.0. The van der Waals surface area contributed by atoms with Crippen molar-refractivity contribution >= 4 is 33.3 Å². The van der Waals surface area contributed by atoms with Gasteiger partial charge in [-0.2, -0.15) is 0 Å². The van der Waals surface area contributed by atoms with Crippen LogP contribution in [0.25, 0.3) is 21.3 Å². The van der Waals surface area contributed by atoms with Gasteiger partial charge in [0.15, 0.2) is 5.16 Å². The number of thiophene rings is 1. The van der Waals surface area contributed by atoms with Gasteiger partial charge in [0.1, 0.15) is 16.5 Å². The van der Waals surface area contributed by atoms with Crippen molar-refractivity contribution < 1.29 is 0 Å². The van der Waals surface area contributed by atoms with E-state index >= 15 is 0 Å². The summed E-state index contributed by atoms with van der Waals surface area (Å²) in [4.78, 5) is 22.6. The maximum atomic E-state index is 13.0. The first-order valence-electron chi connectivity index (χ1n) is 10.3. The molecule has 0 unspecified atom stereocenters. The highest BCUT2D eigenvalue weighted by Gasteiger charge is 2.30. The van der Waals surface area contributed by atoms with Gasteiger partial charge < -0.3 is 9.55 Å². The summed E-state index contributed by atoms with van der Waals surface area (Å²) in [7, 11) is 0. The summed E-state index contributed by atoms with van der Waals surface area (Å²) in [6, 6.07) is 8.27. The second kappa shape index (κ2) is 8.09. The number of rotatable bonds is 7. The van der Waals surface area contributed by atoms with Crippen LogP contribution in [0.5, 0.6) is 0 Å². The number of hydrogen-bond acceptors (Lipinski definition) is 6. The van der Waals surface area contributed by atoms with Gasteiger partial charge in [0, 0.05) is 22.9 Å². The van der Waals surface area contributed by atoms with E-state index in [0.717, 1.165) is 31.8 Å². The minimum absolute atomic E-state index is 0.0910. The average molecular weight is 450 g/mol. The van der Waals surface area contributed by atoms with E-state index in [0.29, 0.717) is 29.4 Å². The zero-order chi connectivity index (χ0) is 21.5. The molecule has 1 aromatic carbocycles. The molecule has 0 saturated heterocycles. The highest BCUT2D eigenvalue weighted by atomic mass is 32.2. The fourth-order valence-corrected chi connectivity index (χ4v) is 5.67. The largest absolute Gasteiger partial charge is 0.309 e. The van der Waals surface area contributed by atoms with Crippen LogP contribution in [0.2, 0.25) is 0 Å². The monoisotopic (exact) mass is 449 g/mol. The molecule has 6 nitrogen and oxygen atoms in total. The van der Waals surface area contributed by atoms with E-state index in [1.807, 2.05) is 13.0 Å². The molecule has 0 amide bonds. The van der Waals surface area contributed by atoms with Crippen LogP contribution in [0.3, 0.4) is 0 Å². The first kappa shape index (κ1) is 20.2. The SMILES string of the molecule is C=CCn1c(SCc2nc3sc(C)c(-c4ccc(C)cc4)c3c(=O)[nH]2)nnc1C1CC1. The second-order valence-electron chi connectivity index (χ2n) is 7.90. The van der Waals surface area contributed by atoms with E-state index in [1.165, 1.54) is 18.4 Å². The molecule has 31 heavy (non-hydrogen) atoms. The predicted octanol–water partition coefficient (Wildman–Crippen LogP) is 5.22. The highest BCUT2D eigenvalue weighted by Crippen LogP contribution is 2.40. The lowest BCUT2D eigenvalue weighted by Crippen LogP contribution is -2.11. The molecule has 3 heterocycles. The number of fused-ring (bicyclic) bond motifs is 1. The van der Waals surface area contributed by atoms with Crippen LogP contribution in [0, 0.1) is 13.8 Å². The number of aromatic amines is 1. The summed E-state index contributed by atoms with van der Waals surface area (Å²) in [6.45, 7) is 8.65. The minimum Gasteiger partial charge on any atom is -0.309 e. The summed E-state index contributed by atoms with van der Waals surface area (Å²) in [5.74, 6) is 2.74. The van der Waals surface area contributed by atoms with Crippen LogP contribution in [0.15, 0.2) is 46.9 Å². The van der Waals surface area contributed by atoms with E-state index in [2.05, 4.69) is 57.5 Å². The average Bonchev–Trinajstić information content (AvgIpc) is 3.43. The molecule has 1 saturated carbocycles. The number of aryl methyl sites for hydroxylation is 2. The van der Waals surface area contributed by atoms with Crippen LogP contribution in [-0.2, 0) is 12.3 Å². The van der Waals surface area contributed by atoms with E-state index in [9.17, 15) is 4.79 Å². The van der Waals surface area contributed by atoms with Crippen LogP contribution in [0.4, 0.5) is 0 Å². The van der Waals surface area contributed by atoms with Crippen LogP contribution in [0.1, 0.15) is 40.8 Å². The first-order valence-corrected chi connectivity index (χ1v) is 12.1. The third-order valence-corrected chi connectivity index (χ3v) is 7.44. The van der Waals surface area contributed by atoms with Gasteiger partial charge in [-0.1, -0.05) is 47.7 Å². The molecule has 4 aromatic rings. The Hall–Kier alpha value is -2.71. The van der Waals surface area contributed by atoms with Crippen molar-refractivity contribution in [2.45, 2.75) is 50.1 Å². The molecule has 0 bridgehead atoms. The third-order valence-electron chi connectivity index (χ3n) is 5.46. The van der Waals surface area contributed by atoms with Crippen LogP contribution in [-0.4, -0.2) is 24.7 Å². The van der Waals surface area contributed by atoms with Gasteiger partial charge in [-0.3, -0.25) is 4.79 Å². The van der Waals surface area contributed by atoms with Gasteiger partial charge in [-0.15, -0.1) is 28.1 Å². The number of allylic oxidation sites excluding steroid dienone is 1. The topological polar surface area (TPSA) is 76.5 Å². The smallest absolute Gasteiger partial charge is 0.260 e. The highest BCUT2D eigenvalue weighted by molar-refractivity contribution is 7.98. The Morgan fingerprint density at radius 1 is 1.26 bits per heavy atom. The van der Waals surface area contributed by atoms with Crippen LogP contribution < -0.4 is 5.56 Å². The predicted molar refractivity (Wildman–Crippen MR) is 127 cm³/mol. The van der Waals surface area contributed by atoms with Gasteiger partial charge in [0.25, 0.3) is 5.56 Å². The van der Waals surface area contributed by atoms with Gasteiger partial charge in [0.2, 0.25) is 0 Å². The molecular weight excluding hydrogens is 426 g/mol. The molecule has 0 aliphatic heterocycles. The summed E-state index contributed by atoms with van der Waals surface area (Å²) in [5, 5.41) is 10.3. The van der Waals surface area contributed by atoms with Crippen molar-refractivity contribution in [3.05, 3.63) is 69.4 Å². The Kier molecular flexibility index (Phi) is 5.27. The zero-order valence-corrected chi connectivity index (χ0v) is 19.1. The Balaban J connectivity index is 1.45. The molecule has 5 rings (SSSR count). The van der Waals surface area contributed by atoms with E-state index in [-0.39, 0.29) is 5.56 Å². The summed E-state index contributed by atoms with van der Waals surface area (Å²) in [5.41, 5.74) is 3.13. The number of nitrogens with zero attached hydrogens (tertiary/aromatic N) is 4. The number of thioether (sulfide) groups is 1. The maximum Gasteiger partial charge on any atom is 0.260 e.